The maximum atomic E-state index is 10.8. The van der Waals surface area contributed by atoms with Gasteiger partial charge in [0, 0.05) is 12.0 Å². The summed E-state index contributed by atoms with van der Waals surface area (Å²) in [5.41, 5.74) is 0. The molecule has 1 N–H and O–H groups in total. The zero-order valence-electron chi connectivity index (χ0n) is 12.2. The molecule has 7 heteroatoms. The van der Waals surface area contributed by atoms with Gasteiger partial charge in [-0.1, -0.05) is 25.6 Å². The van der Waals surface area contributed by atoms with Crippen LogP contribution in [-0.4, -0.2) is 56.6 Å². The highest BCUT2D eigenvalue weighted by molar-refractivity contribution is 7.99. The Labute approximate surface area is 123 Å². The molecular weight excluding hydrogens is 276 g/mol. The summed E-state index contributed by atoms with van der Waals surface area (Å²) in [5.74, 6) is 0.468. The van der Waals surface area contributed by atoms with Gasteiger partial charge in [-0.15, -0.1) is 10.2 Å². The average Bonchev–Trinajstić information content (AvgIpc) is 2.81. The van der Waals surface area contributed by atoms with Crippen molar-refractivity contribution in [2.75, 3.05) is 25.9 Å². The Balaban J connectivity index is 2.22. The Morgan fingerprint density at radius 3 is 2.60 bits per heavy atom. The lowest BCUT2D eigenvalue weighted by Gasteiger charge is -2.31. The van der Waals surface area contributed by atoms with Crippen LogP contribution in [0.15, 0.2) is 5.16 Å². The molecule has 112 valence electrons. The number of carboxylic acid groups (broad SMARTS) is 1. The van der Waals surface area contributed by atoms with Gasteiger partial charge in [0.1, 0.15) is 5.82 Å². The van der Waals surface area contributed by atoms with Gasteiger partial charge >= 0.3 is 5.97 Å². The van der Waals surface area contributed by atoms with Gasteiger partial charge in [-0.3, -0.25) is 4.79 Å². The molecule has 1 aromatic rings. The number of likely N-dealkylation sites (tertiary alicyclic amines) is 1. The van der Waals surface area contributed by atoms with Crippen LogP contribution in [0.25, 0.3) is 0 Å². The fourth-order valence-corrected chi connectivity index (χ4v) is 3.24. The third kappa shape index (κ3) is 3.52. The van der Waals surface area contributed by atoms with E-state index in [9.17, 15) is 4.79 Å². The second-order valence-corrected chi connectivity index (χ2v) is 6.52. The van der Waals surface area contributed by atoms with Crippen LogP contribution < -0.4 is 0 Å². The minimum Gasteiger partial charge on any atom is -0.481 e. The van der Waals surface area contributed by atoms with Crippen LogP contribution in [0.3, 0.4) is 0 Å². The van der Waals surface area contributed by atoms with Crippen LogP contribution in [-0.2, 0) is 4.79 Å². The summed E-state index contributed by atoms with van der Waals surface area (Å²) in [6, 6.07) is 0.384. The van der Waals surface area contributed by atoms with E-state index < -0.39 is 5.97 Å². The molecular formula is C13H22N4O2S. The maximum Gasteiger partial charge on any atom is 0.313 e. The molecule has 0 aliphatic carbocycles. The number of aromatic nitrogens is 3. The maximum absolute atomic E-state index is 10.8. The van der Waals surface area contributed by atoms with Crippen molar-refractivity contribution in [2.24, 2.45) is 0 Å². The van der Waals surface area contributed by atoms with Gasteiger partial charge in [-0.05, 0) is 33.0 Å². The van der Waals surface area contributed by atoms with Crippen molar-refractivity contribution < 1.29 is 9.90 Å². The predicted molar refractivity (Wildman–Crippen MR) is 78.2 cm³/mol. The first-order valence-electron chi connectivity index (χ1n) is 6.97. The minimum absolute atomic E-state index is 0.0306. The topological polar surface area (TPSA) is 71.2 Å². The molecule has 1 fully saturated rings. The van der Waals surface area contributed by atoms with Gasteiger partial charge in [-0.25, -0.2) is 0 Å². The lowest BCUT2D eigenvalue weighted by Crippen LogP contribution is -2.32. The van der Waals surface area contributed by atoms with Gasteiger partial charge < -0.3 is 14.6 Å². The lowest BCUT2D eigenvalue weighted by atomic mass is 10.0. The summed E-state index contributed by atoms with van der Waals surface area (Å²) in [4.78, 5) is 13.1. The number of thioether (sulfide) groups is 1. The quantitative estimate of drug-likeness (QED) is 0.836. The van der Waals surface area contributed by atoms with Crippen molar-refractivity contribution in [1.82, 2.24) is 19.7 Å². The first-order chi connectivity index (χ1) is 9.49. The molecule has 1 aliphatic rings. The molecule has 0 atom stereocenters. The predicted octanol–water partition coefficient (Wildman–Crippen LogP) is 1.84. The van der Waals surface area contributed by atoms with Gasteiger partial charge in [0.05, 0.1) is 5.75 Å². The monoisotopic (exact) mass is 298 g/mol. The van der Waals surface area contributed by atoms with Crippen LogP contribution in [0, 0.1) is 0 Å². The molecule has 0 radical (unpaired) electrons. The Kier molecular flexibility index (Phi) is 5.04. The molecule has 0 amide bonds. The molecule has 20 heavy (non-hydrogen) atoms. The number of hydrogen-bond donors (Lipinski definition) is 1. The summed E-state index contributed by atoms with van der Waals surface area (Å²) >= 11 is 1.26. The van der Waals surface area contributed by atoms with Crippen LogP contribution >= 0.6 is 11.8 Å². The second kappa shape index (κ2) is 6.58. The molecule has 0 aromatic carbocycles. The molecule has 1 aromatic heterocycles. The van der Waals surface area contributed by atoms with Crippen molar-refractivity contribution in [3.63, 3.8) is 0 Å². The average molecular weight is 298 g/mol. The van der Waals surface area contributed by atoms with E-state index in [1.807, 2.05) is 0 Å². The van der Waals surface area contributed by atoms with E-state index in [-0.39, 0.29) is 5.75 Å². The molecule has 0 spiro atoms. The molecule has 2 heterocycles. The van der Waals surface area contributed by atoms with E-state index in [0.29, 0.717) is 12.0 Å². The number of rotatable bonds is 5. The second-order valence-electron chi connectivity index (χ2n) is 5.58. The fraction of sp³-hybridized carbons (Fsp3) is 0.769. The van der Waals surface area contributed by atoms with Crippen LogP contribution in [0.4, 0.5) is 0 Å². The SMILES string of the molecule is CC(C)c1nnc(SCC(=O)O)n1C1CCN(C)CC1. The highest BCUT2D eigenvalue weighted by Crippen LogP contribution is 2.31. The summed E-state index contributed by atoms with van der Waals surface area (Å²) < 4.78 is 2.17. The van der Waals surface area contributed by atoms with Crippen LogP contribution in [0.1, 0.15) is 44.5 Å². The summed E-state index contributed by atoms with van der Waals surface area (Å²) in [5, 5.41) is 18.1. The number of carboxylic acids is 1. The van der Waals surface area contributed by atoms with E-state index in [1.165, 1.54) is 11.8 Å². The van der Waals surface area contributed by atoms with Crippen molar-refractivity contribution >= 4 is 17.7 Å². The van der Waals surface area contributed by atoms with Crippen molar-refractivity contribution in [3.8, 4) is 0 Å². The normalized spacial score (nSPS) is 17.8. The van der Waals surface area contributed by atoms with Gasteiger partial charge in [0.2, 0.25) is 0 Å². The fourth-order valence-electron chi connectivity index (χ4n) is 2.50. The third-order valence-electron chi connectivity index (χ3n) is 3.59. The smallest absolute Gasteiger partial charge is 0.313 e. The highest BCUT2D eigenvalue weighted by Gasteiger charge is 2.25. The Hall–Kier alpha value is -1.08. The van der Waals surface area contributed by atoms with E-state index in [0.717, 1.165) is 36.9 Å². The van der Waals surface area contributed by atoms with Gasteiger partial charge in [-0.2, -0.15) is 0 Å². The molecule has 0 unspecified atom stereocenters. The zero-order valence-corrected chi connectivity index (χ0v) is 13.1. The first kappa shape index (κ1) is 15.3. The standard InChI is InChI=1S/C13H22N4O2S/c1-9(2)12-14-15-13(20-8-11(18)19)17(12)10-4-6-16(3)7-5-10/h9-10H,4-8H2,1-3H3,(H,18,19). The Bertz CT molecular complexity index is 467. The molecule has 0 bridgehead atoms. The Morgan fingerprint density at radius 1 is 1.40 bits per heavy atom. The molecule has 1 aliphatic heterocycles. The lowest BCUT2D eigenvalue weighted by molar-refractivity contribution is -0.133. The molecule has 6 nitrogen and oxygen atoms in total. The van der Waals surface area contributed by atoms with Crippen molar-refractivity contribution in [3.05, 3.63) is 5.82 Å². The van der Waals surface area contributed by atoms with E-state index >= 15 is 0 Å². The first-order valence-corrected chi connectivity index (χ1v) is 7.95. The number of piperidine rings is 1. The summed E-state index contributed by atoms with van der Waals surface area (Å²) in [6.07, 6.45) is 2.13. The molecule has 2 rings (SSSR count). The largest absolute Gasteiger partial charge is 0.481 e. The van der Waals surface area contributed by atoms with Gasteiger partial charge in [0.15, 0.2) is 5.16 Å². The van der Waals surface area contributed by atoms with E-state index in [1.54, 1.807) is 0 Å². The number of carbonyl (C=O) groups is 1. The number of hydrogen-bond acceptors (Lipinski definition) is 5. The zero-order chi connectivity index (χ0) is 14.7. The molecule has 0 saturated carbocycles. The Morgan fingerprint density at radius 2 is 2.05 bits per heavy atom. The highest BCUT2D eigenvalue weighted by atomic mass is 32.2. The molecule has 1 saturated heterocycles. The van der Waals surface area contributed by atoms with Crippen molar-refractivity contribution in [1.29, 1.82) is 0 Å². The van der Waals surface area contributed by atoms with E-state index in [4.69, 9.17) is 5.11 Å². The third-order valence-corrected chi connectivity index (χ3v) is 4.51. The van der Waals surface area contributed by atoms with Gasteiger partial charge in [0.25, 0.3) is 0 Å². The van der Waals surface area contributed by atoms with E-state index in [2.05, 4.69) is 40.6 Å². The van der Waals surface area contributed by atoms with Crippen LogP contribution in [0.5, 0.6) is 0 Å². The number of nitrogens with zero attached hydrogens (tertiary/aromatic N) is 4. The minimum atomic E-state index is -0.820. The summed E-state index contributed by atoms with van der Waals surface area (Å²) in [6.45, 7) is 6.31. The van der Waals surface area contributed by atoms with Crippen LogP contribution in [0.2, 0.25) is 0 Å². The summed E-state index contributed by atoms with van der Waals surface area (Å²) in [7, 11) is 2.13. The van der Waals surface area contributed by atoms with Crippen molar-refractivity contribution in [2.45, 2.75) is 43.8 Å². The number of aliphatic carboxylic acids is 1.